The fourth-order valence-corrected chi connectivity index (χ4v) is 3.71. The Labute approximate surface area is 156 Å². The zero-order valence-corrected chi connectivity index (χ0v) is 16.7. The molecule has 2 fully saturated rings. The summed E-state index contributed by atoms with van der Waals surface area (Å²) in [5, 5.41) is 2.97. The van der Waals surface area contributed by atoms with Crippen molar-refractivity contribution >= 4 is 17.7 Å². The quantitative estimate of drug-likeness (QED) is 0.771. The lowest BCUT2D eigenvalue weighted by Crippen LogP contribution is -2.57. The van der Waals surface area contributed by atoms with Crippen molar-refractivity contribution in [3.63, 3.8) is 0 Å². The zero-order chi connectivity index (χ0) is 19.6. The van der Waals surface area contributed by atoms with E-state index in [1.54, 1.807) is 9.80 Å². The Hall–Kier alpha value is -1.63. The van der Waals surface area contributed by atoms with Crippen molar-refractivity contribution in [2.45, 2.75) is 84.0 Å². The molecule has 2 heterocycles. The maximum atomic E-state index is 13.1. The molecule has 0 saturated carbocycles. The van der Waals surface area contributed by atoms with E-state index in [0.29, 0.717) is 25.9 Å². The van der Waals surface area contributed by atoms with Crippen LogP contribution in [0.15, 0.2) is 0 Å². The highest BCUT2D eigenvalue weighted by molar-refractivity contribution is 5.94. The molecule has 3 atom stereocenters. The van der Waals surface area contributed by atoms with Gasteiger partial charge in [0.2, 0.25) is 17.7 Å². The molecular weight excluding hydrogens is 332 g/mol. The molecule has 26 heavy (non-hydrogen) atoms. The van der Waals surface area contributed by atoms with Gasteiger partial charge in [-0.2, -0.15) is 0 Å². The number of rotatable bonds is 4. The van der Waals surface area contributed by atoms with Crippen LogP contribution in [0.3, 0.4) is 0 Å². The number of amides is 3. The summed E-state index contributed by atoms with van der Waals surface area (Å²) in [6.07, 6.45) is 2.90. The first kappa shape index (κ1) is 20.7. The lowest BCUT2D eigenvalue weighted by atomic mass is 10.0. The molecule has 7 nitrogen and oxygen atoms in total. The molecule has 0 aromatic carbocycles. The number of carbonyl (C=O) groups excluding carboxylic acids is 3. The van der Waals surface area contributed by atoms with E-state index in [1.807, 2.05) is 34.6 Å². The molecule has 0 aromatic rings. The van der Waals surface area contributed by atoms with Gasteiger partial charge in [0.05, 0.1) is 6.04 Å². The molecule has 0 spiro atoms. The molecule has 0 radical (unpaired) electrons. The minimum Gasteiger partial charge on any atom is -0.350 e. The number of nitrogens with zero attached hydrogens (tertiary/aromatic N) is 2. The predicted molar refractivity (Wildman–Crippen MR) is 100 cm³/mol. The van der Waals surface area contributed by atoms with E-state index in [-0.39, 0.29) is 29.2 Å². The second-order valence-corrected chi connectivity index (χ2v) is 8.89. The van der Waals surface area contributed by atoms with Crippen LogP contribution in [0, 0.1) is 5.92 Å². The largest absolute Gasteiger partial charge is 0.350 e. The second kappa shape index (κ2) is 7.94. The van der Waals surface area contributed by atoms with Gasteiger partial charge in [-0.25, -0.2) is 0 Å². The first-order chi connectivity index (χ1) is 12.0. The Morgan fingerprint density at radius 1 is 1.00 bits per heavy atom. The Morgan fingerprint density at radius 2 is 1.54 bits per heavy atom. The molecule has 0 bridgehead atoms. The monoisotopic (exact) mass is 366 g/mol. The van der Waals surface area contributed by atoms with Gasteiger partial charge < -0.3 is 20.9 Å². The molecule has 2 aliphatic rings. The van der Waals surface area contributed by atoms with Gasteiger partial charge in [0, 0.05) is 18.6 Å². The summed E-state index contributed by atoms with van der Waals surface area (Å²) >= 11 is 0. The Bertz CT molecular complexity index is 555. The van der Waals surface area contributed by atoms with E-state index >= 15 is 0 Å². The fraction of sp³-hybridized carbons (Fsp3) is 0.842. The van der Waals surface area contributed by atoms with E-state index in [1.165, 1.54) is 0 Å². The van der Waals surface area contributed by atoms with Crippen LogP contribution in [0.25, 0.3) is 0 Å². The van der Waals surface area contributed by atoms with Crippen LogP contribution >= 0.6 is 0 Å². The Morgan fingerprint density at radius 3 is 2.08 bits per heavy atom. The minimum absolute atomic E-state index is 0.0240. The van der Waals surface area contributed by atoms with Crippen molar-refractivity contribution < 1.29 is 14.4 Å². The van der Waals surface area contributed by atoms with Gasteiger partial charge in [-0.1, -0.05) is 13.8 Å². The van der Waals surface area contributed by atoms with Crippen molar-refractivity contribution in [2.75, 3.05) is 13.1 Å². The van der Waals surface area contributed by atoms with Crippen LogP contribution in [-0.2, 0) is 14.4 Å². The van der Waals surface area contributed by atoms with E-state index in [9.17, 15) is 14.4 Å². The van der Waals surface area contributed by atoms with Gasteiger partial charge in [0.1, 0.15) is 12.1 Å². The van der Waals surface area contributed by atoms with Gasteiger partial charge >= 0.3 is 0 Å². The summed E-state index contributed by atoms with van der Waals surface area (Å²) in [6, 6.07) is -1.53. The number of nitrogens with two attached hydrogens (primary N) is 1. The predicted octanol–water partition coefficient (Wildman–Crippen LogP) is 0.866. The topological polar surface area (TPSA) is 95.7 Å². The van der Waals surface area contributed by atoms with Crippen LogP contribution in [0.5, 0.6) is 0 Å². The molecule has 3 amide bonds. The van der Waals surface area contributed by atoms with E-state index in [4.69, 9.17) is 5.73 Å². The molecule has 148 valence electrons. The number of likely N-dealkylation sites (tertiary alicyclic amines) is 2. The number of hydrogen-bond acceptors (Lipinski definition) is 4. The first-order valence-electron chi connectivity index (χ1n) is 9.71. The van der Waals surface area contributed by atoms with Crippen LogP contribution < -0.4 is 11.1 Å². The Balaban J connectivity index is 2.11. The van der Waals surface area contributed by atoms with Gasteiger partial charge in [-0.3, -0.25) is 14.4 Å². The van der Waals surface area contributed by atoms with Crippen LogP contribution in [0.2, 0.25) is 0 Å². The second-order valence-electron chi connectivity index (χ2n) is 8.89. The molecule has 2 aliphatic heterocycles. The molecule has 2 saturated heterocycles. The summed E-state index contributed by atoms with van der Waals surface area (Å²) in [7, 11) is 0. The highest BCUT2D eigenvalue weighted by Crippen LogP contribution is 2.26. The third kappa shape index (κ3) is 4.55. The summed E-state index contributed by atoms with van der Waals surface area (Å²) in [5.41, 5.74) is 5.68. The summed E-state index contributed by atoms with van der Waals surface area (Å²) in [4.78, 5) is 41.7. The molecule has 3 N–H and O–H groups in total. The highest BCUT2D eigenvalue weighted by Gasteiger charge is 2.43. The van der Waals surface area contributed by atoms with Crippen molar-refractivity contribution in [3.05, 3.63) is 0 Å². The molecular formula is C19H34N4O3. The zero-order valence-electron chi connectivity index (χ0n) is 16.7. The molecule has 2 rings (SSSR count). The molecule has 0 aromatic heterocycles. The standard InChI is InChI=1S/C19H34N4O3/c1-12(2)15(20)18(26)23-11-7-9-14(23)17(25)22-10-6-8-13(22)16(24)21-19(3,4)5/h12-15H,6-11,20H2,1-5H3,(H,21,24)/t13-,14-,15-/m0/s1. The maximum absolute atomic E-state index is 13.1. The maximum Gasteiger partial charge on any atom is 0.246 e. The first-order valence-corrected chi connectivity index (χ1v) is 9.71. The van der Waals surface area contributed by atoms with Crippen molar-refractivity contribution in [2.24, 2.45) is 11.7 Å². The lowest BCUT2D eigenvalue weighted by molar-refractivity contribution is -0.147. The number of carbonyl (C=O) groups is 3. The van der Waals surface area contributed by atoms with Gasteiger partial charge in [0.25, 0.3) is 0 Å². The SMILES string of the molecule is CC(C)[C@H](N)C(=O)N1CCC[C@H]1C(=O)N1CCC[C@H]1C(=O)NC(C)(C)C. The van der Waals surface area contributed by atoms with Gasteiger partial charge in [-0.05, 0) is 52.4 Å². The van der Waals surface area contributed by atoms with Crippen LogP contribution in [0.4, 0.5) is 0 Å². The average Bonchev–Trinajstić information content (AvgIpc) is 3.19. The van der Waals surface area contributed by atoms with Crippen molar-refractivity contribution in [1.29, 1.82) is 0 Å². The third-order valence-electron chi connectivity index (χ3n) is 5.16. The highest BCUT2D eigenvalue weighted by atomic mass is 16.2. The van der Waals surface area contributed by atoms with Gasteiger partial charge in [-0.15, -0.1) is 0 Å². The van der Waals surface area contributed by atoms with Gasteiger partial charge in [0.15, 0.2) is 0 Å². The summed E-state index contributed by atoms with van der Waals surface area (Å²) in [5.74, 6) is -0.363. The van der Waals surface area contributed by atoms with E-state index < -0.39 is 18.1 Å². The normalized spacial score (nSPS) is 24.9. The third-order valence-corrected chi connectivity index (χ3v) is 5.16. The smallest absolute Gasteiger partial charge is 0.246 e. The van der Waals surface area contributed by atoms with E-state index in [2.05, 4.69) is 5.32 Å². The van der Waals surface area contributed by atoms with E-state index in [0.717, 1.165) is 12.8 Å². The lowest BCUT2D eigenvalue weighted by Gasteiger charge is -2.33. The number of hydrogen-bond donors (Lipinski definition) is 2. The summed E-state index contributed by atoms with van der Waals surface area (Å²) < 4.78 is 0. The fourth-order valence-electron chi connectivity index (χ4n) is 3.71. The Kier molecular flexibility index (Phi) is 6.32. The molecule has 7 heteroatoms. The molecule has 0 aliphatic carbocycles. The average molecular weight is 367 g/mol. The van der Waals surface area contributed by atoms with Crippen molar-refractivity contribution in [1.82, 2.24) is 15.1 Å². The van der Waals surface area contributed by atoms with Crippen LogP contribution in [-0.4, -0.2) is 64.3 Å². The van der Waals surface area contributed by atoms with Crippen LogP contribution in [0.1, 0.15) is 60.3 Å². The summed E-state index contributed by atoms with van der Waals surface area (Å²) in [6.45, 7) is 10.7. The minimum atomic E-state index is -0.595. The number of nitrogens with one attached hydrogen (secondary N) is 1. The van der Waals surface area contributed by atoms with Crippen molar-refractivity contribution in [3.8, 4) is 0 Å². The molecule has 0 unspecified atom stereocenters.